The lowest BCUT2D eigenvalue weighted by molar-refractivity contribution is 0.102. The minimum Gasteiger partial charge on any atom is -0.495 e. The fourth-order valence-corrected chi connectivity index (χ4v) is 2.18. The molecule has 0 fully saturated rings. The van der Waals surface area contributed by atoms with E-state index in [9.17, 15) is 9.59 Å². The molecule has 0 aliphatic carbocycles. The van der Waals surface area contributed by atoms with E-state index < -0.39 is 5.91 Å². The van der Waals surface area contributed by atoms with Crippen molar-refractivity contribution in [3.63, 3.8) is 0 Å². The maximum Gasteiger partial charge on any atom is 0.262 e. The number of amides is 1. The van der Waals surface area contributed by atoms with Crippen LogP contribution in [-0.2, 0) is 0 Å². The van der Waals surface area contributed by atoms with Gasteiger partial charge in [-0.2, -0.15) is 0 Å². The fourth-order valence-electron chi connectivity index (χ4n) is 2.18. The number of H-pyrrole nitrogens is 1. The van der Waals surface area contributed by atoms with Crippen molar-refractivity contribution in [2.75, 3.05) is 12.4 Å². The van der Waals surface area contributed by atoms with Gasteiger partial charge in [0.2, 0.25) is 5.43 Å². The van der Waals surface area contributed by atoms with Gasteiger partial charge in [0.15, 0.2) is 0 Å². The average molecular weight is 295 g/mol. The number of hydrogen-bond acceptors (Lipinski definition) is 4. The van der Waals surface area contributed by atoms with Crippen molar-refractivity contribution in [3.8, 4) is 5.75 Å². The van der Waals surface area contributed by atoms with E-state index in [1.807, 2.05) is 0 Å². The maximum atomic E-state index is 12.5. The molecule has 22 heavy (non-hydrogen) atoms. The third-order valence-corrected chi connectivity index (χ3v) is 3.25. The zero-order valence-corrected chi connectivity index (χ0v) is 11.8. The molecule has 110 valence electrons. The molecule has 0 aliphatic rings. The smallest absolute Gasteiger partial charge is 0.262 e. The number of pyridine rings is 2. The highest BCUT2D eigenvalue weighted by atomic mass is 16.5. The summed E-state index contributed by atoms with van der Waals surface area (Å²) in [4.78, 5) is 31.6. The number of carbonyl (C=O) groups is 1. The molecule has 6 heteroatoms. The normalized spacial score (nSPS) is 10.4. The summed E-state index contributed by atoms with van der Waals surface area (Å²) in [6.45, 7) is 0. The van der Waals surface area contributed by atoms with Crippen LogP contribution in [0.25, 0.3) is 10.9 Å². The topological polar surface area (TPSA) is 84.1 Å². The van der Waals surface area contributed by atoms with Gasteiger partial charge in [0.05, 0.1) is 18.0 Å². The highest BCUT2D eigenvalue weighted by Gasteiger charge is 2.15. The minimum absolute atomic E-state index is 0.0198. The lowest BCUT2D eigenvalue weighted by Gasteiger charge is -2.07. The Morgan fingerprint density at radius 1 is 1.23 bits per heavy atom. The summed E-state index contributed by atoms with van der Waals surface area (Å²) in [5, 5.41) is 2.99. The van der Waals surface area contributed by atoms with E-state index in [0.29, 0.717) is 22.5 Å². The van der Waals surface area contributed by atoms with Gasteiger partial charge in [-0.15, -0.1) is 0 Å². The number of methoxy groups -OCH3 is 1. The second-order valence-corrected chi connectivity index (χ2v) is 4.58. The van der Waals surface area contributed by atoms with Crippen LogP contribution in [0.5, 0.6) is 5.75 Å². The summed E-state index contributed by atoms with van der Waals surface area (Å²) in [5.41, 5.74) is 0.219. The van der Waals surface area contributed by atoms with Gasteiger partial charge < -0.3 is 15.0 Å². The lowest BCUT2D eigenvalue weighted by atomic mass is 10.1. The molecule has 1 aromatic carbocycles. The van der Waals surface area contributed by atoms with Crippen molar-refractivity contribution < 1.29 is 9.53 Å². The first-order chi connectivity index (χ1) is 10.7. The van der Waals surface area contributed by atoms with Gasteiger partial charge in [0.25, 0.3) is 5.91 Å². The van der Waals surface area contributed by atoms with Crippen LogP contribution < -0.4 is 15.5 Å². The quantitative estimate of drug-likeness (QED) is 0.775. The van der Waals surface area contributed by atoms with Crippen molar-refractivity contribution in [1.29, 1.82) is 0 Å². The number of carbonyl (C=O) groups excluding carboxylic acids is 1. The number of aromatic nitrogens is 2. The predicted octanol–water partition coefficient (Wildman–Crippen LogP) is 2.18. The molecule has 1 amide bonds. The van der Waals surface area contributed by atoms with Crippen molar-refractivity contribution in [1.82, 2.24) is 9.97 Å². The number of nitrogens with zero attached hydrogens (tertiary/aromatic N) is 1. The summed E-state index contributed by atoms with van der Waals surface area (Å²) in [7, 11) is 1.52. The minimum atomic E-state index is -0.510. The summed E-state index contributed by atoms with van der Waals surface area (Å²) < 4.78 is 5.20. The van der Waals surface area contributed by atoms with Gasteiger partial charge in [-0.05, 0) is 24.3 Å². The Bertz CT molecular complexity index is 888. The third-order valence-electron chi connectivity index (χ3n) is 3.25. The Labute approximate surface area is 125 Å². The monoisotopic (exact) mass is 295 g/mol. The lowest BCUT2D eigenvalue weighted by Crippen LogP contribution is -2.22. The molecule has 2 heterocycles. The van der Waals surface area contributed by atoms with Crippen molar-refractivity contribution in [3.05, 3.63) is 64.6 Å². The number of benzene rings is 1. The maximum absolute atomic E-state index is 12.5. The molecule has 0 saturated carbocycles. The van der Waals surface area contributed by atoms with Gasteiger partial charge in [-0.25, -0.2) is 4.98 Å². The molecule has 3 rings (SSSR count). The van der Waals surface area contributed by atoms with Crippen molar-refractivity contribution >= 4 is 22.6 Å². The largest absolute Gasteiger partial charge is 0.495 e. The molecule has 0 spiro atoms. The predicted molar refractivity (Wildman–Crippen MR) is 83.3 cm³/mol. The Morgan fingerprint density at radius 3 is 2.82 bits per heavy atom. The van der Waals surface area contributed by atoms with E-state index in [4.69, 9.17) is 4.74 Å². The molecule has 0 bridgehead atoms. The number of hydrogen-bond donors (Lipinski definition) is 2. The van der Waals surface area contributed by atoms with Crippen LogP contribution in [-0.4, -0.2) is 23.0 Å². The first kappa shape index (κ1) is 13.8. The molecule has 0 aliphatic heterocycles. The summed E-state index contributed by atoms with van der Waals surface area (Å²) in [5.74, 6) is 0.425. The molecule has 0 unspecified atom stereocenters. The van der Waals surface area contributed by atoms with Gasteiger partial charge in [0.1, 0.15) is 17.1 Å². The van der Waals surface area contributed by atoms with Crippen LogP contribution in [0.2, 0.25) is 0 Å². The van der Waals surface area contributed by atoms with Crippen LogP contribution in [0, 0.1) is 0 Å². The molecule has 6 nitrogen and oxygen atoms in total. The van der Waals surface area contributed by atoms with Crippen LogP contribution >= 0.6 is 0 Å². The van der Waals surface area contributed by atoms with Gasteiger partial charge in [-0.1, -0.05) is 12.1 Å². The van der Waals surface area contributed by atoms with E-state index in [-0.39, 0.29) is 11.0 Å². The van der Waals surface area contributed by atoms with Gasteiger partial charge in [0, 0.05) is 12.4 Å². The molecule has 0 saturated heterocycles. The molecular weight excluding hydrogens is 282 g/mol. The number of ether oxygens (including phenoxy) is 1. The fraction of sp³-hybridized carbons (Fsp3) is 0.0625. The molecule has 2 N–H and O–H groups in total. The SMILES string of the molecule is COc1cccc2c(=O)c(C(=O)Nc3ccccn3)c[nH]c12. The Hall–Kier alpha value is -3.15. The highest BCUT2D eigenvalue weighted by Crippen LogP contribution is 2.21. The van der Waals surface area contributed by atoms with Gasteiger partial charge >= 0.3 is 0 Å². The number of fused-ring (bicyclic) bond motifs is 1. The third kappa shape index (κ3) is 2.42. The Balaban J connectivity index is 2.03. The molecule has 0 radical (unpaired) electrons. The molecular formula is C16H13N3O3. The Kier molecular flexibility index (Phi) is 3.57. The van der Waals surface area contributed by atoms with Crippen LogP contribution in [0.4, 0.5) is 5.82 Å². The van der Waals surface area contributed by atoms with E-state index in [1.54, 1.807) is 42.6 Å². The first-order valence-electron chi connectivity index (χ1n) is 6.61. The summed E-state index contributed by atoms with van der Waals surface area (Å²) in [6.07, 6.45) is 2.94. The van der Waals surface area contributed by atoms with E-state index >= 15 is 0 Å². The van der Waals surface area contributed by atoms with E-state index in [0.717, 1.165) is 0 Å². The molecule has 2 aromatic heterocycles. The number of para-hydroxylation sites is 1. The number of rotatable bonds is 3. The van der Waals surface area contributed by atoms with Crippen LogP contribution in [0.15, 0.2) is 53.6 Å². The second kappa shape index (κ2) is 5.69. The van der Waals surface area contributed by atoms with Crippen LogP contribution in [0.1, 0.15) is 10.4 Å². The first-order valence-corrected chi connectivity index (χ1v) is 6.61. The number of anilines is 1. The van der Waals surface area contributed by atoms with Crippen LogP contribution in [0.3, 0.4) is 0 Å². The second-order valence-electron chi connectivity index (χ2n) is 4.58. The number of aromatic amines is 1. The van der Waals surface area contributed by atoms with Crippen molar-refractivity contribution in [2.24, 2.45) is 0 Å². The van der Waals surface area contributed by atoms with E-state index in [2.05, 4.69) is 15.3 Å². The zero-order valence-electron chi connectivity index (χ0n) is 11.8. The number of nitrogens with one attached hydrogen (secondary N) is 2. The molecule has 0 atom stereocenters. The zero-order chi connectivity index (χ0) is 15.5. The average Bonchev–Trinajstić information content (AvgIpc) is 2.55. The van der Waals surface area contributed by atoms with E-state index in [1.165, 1.54) is 13.3 Å². The Morgan fingerprint density at radius 2 is 2.09 bits per heavy atom. The van der Waals surface area contributed by atoms with Crippen molar-refractivity contribution in [2.45, 2.75) is 0 Å². The highest BCUT2D eigenvalue weighted by molar-refractivity contribution is 6.05. The van der Waals surface area contributed by atoms with Gasteiger partial charge in [-0.3, -0.25) is 9.59 Å². The summed E-state index contributed by atoms with van der Waals surface area (Å²) >= 11 is 0. The summed E-state index contributed by atoms with van der Waals surface area (Å²) in [6, 6.07) is 10.2. The standard InChI is InChI=1S/C16H13N3O3/c1-22-12-6-4-5-10-14(12)18-9-11(15(10)20)16(21)19-13-7-2-3-8-17-13/h2-9H,1H3,(H,18,20)(H,17,19,21). The molecule has 3 aromatic rings.